The van der Waals surface area contributed by atoms with Crippen molar-refractivity contribution in [2.75, 3.05) is 6.54 Å². The molecule has 2 heterocycles. The SMILES string of the molecule is O=C(NCc1ccccc1)c1cn(CC2CC(F)(F)CN2C(=O)C2CC=CC2)nn1. The number of alkyl halides is 2. The summed E-state index contributed by atoms with van der Waals surface area (Å²) in [6.07, 6.45) is 5.99. The van der Waals surface area contributed by atoms with E-state index >= 15 is 0 Å². The number of allylic oxidation sites excluding steroid dienone is 2. The molecule has 2 amide bonds. The van der Waals surface area contributed by atoms with E-state index in [9.17, 15) is 18.4 Å². The number of halogens is 2. The fourth-order valence-corrected chi connectivity index (χ4v) is 3.95. The van der Waals surface area contributed by atoms with Crippen LogP contribution in [0.1, 0.15) is 35.3 Å². The summed E-state index contributed by atoms with van der Waals surface area (Å²) in [6, 6.07) is 8.75. The maximum atomic E-state index is 14.1. The predicted octanol–water partition coefficient (Wildman–Crippen LogP) is 2.41. The molecule has 1 aliphatic carbocycles. The molecule has 1 aromatic carbocycles. The van der Waals surface area contributed by atoms with Gasteiger partial charge in [0.05, 0.1) is 25.3 Å². The molecule has 1 saturated heterocycles. The summed E-state index contributed by atoms with van der Waals surface area (Å²) in [6.45, 7) is -0.161. The van der Waals surface area contributed by atoms with Crippen LogP contribution in [0.4, 0.5) is 8.78 Å². The molecule has 158 valence electrons. The van der Waals surface area contributed by atoms with E-state index < -0.39 is 30.8 Å². The largest absolute Gasteiger partial charge is 0.347 e. The van der Waals surface area contributed by atoms with Gasteiger partial charge >= 0.3 is 0 Å². The molecule has 1 atom stereocenters. The highest BCUT2D eigenvalue weighted by atomic mass is 19.3. The number of carbonyl (C=O) groups is 2. The third-order valence-corrected chi connectivity index (χ3v) is 5.48. The Kier molecular flexibility index (Phi) is 5.61. The van der Waals surface area contributed by atoms with Crippen LogP contribution in [-0.4, -0.2) is 50.2 Å². The molecule has 2 aliphatic rings. The lowest BCUT2D eigenvalue weighted by molar-refractivity contribution is -0.137. The third-order valence-electron chi connectivity index (χ3n) is 5.48. The van der Waals surface area contributed by atoms with Crippen molar-refractivity contribution in [1.82, 2.24) is 25.2 Å². The first-order valence-corrected chi connectivity index (χ1v) is 9.97. The average Bonchev–Trinajstić information content (AvgIpc) is 3.47. The quantitative estimate of drug-likeness (QED) is 0.735. The molecule has 30 heavy (non-hydrogen) atoms. The lowest BCUT2D eigenvalue weighted by Gasteiger charge is -2.26. The highest BCUT2D eigenvalue weighted by molar-refractivity contribution is 5.91. The Morgan fingerprint density at radius 2 is 1.90 bits per heavy atom. The normalized spacial score (nSPS) is 20.6. The number of amides is 2. The molecule has 2 aromatic rings. The smallest absolute Gasteiger partial charge is 0.273 e. The molecule has 7 nitrogen and oxygen atoms in total. The monoisotopic (exact) mass is 415 g/mol. The first-order valence-electron chi connectivity index (χ1n) is 9.97. The van der Waals surface area contributed by atoms with Crippen LogP contribution in [0.3, 0.4) is 0 Å². The second-order valence-corrected chi connectivity index (χ2v) is 7.81. The second-order valence-electron chi connectivity index (χ2n) is 7.81. The fraction of sp³-hybridized carbons (Fsp3) is 0.429. The van der Waals surface area contributed by atoms with Gasteiger partial charge < -0.3 is 10.2 Å². The van der Waals surface area contributed by atoms with Crippen LogP contribution in [0.2, 0.25) is 0 Å². The van der Waals surface area contributed by atoms with Gasteiger partial charge in [-0.05, 0) is 18.4 Å². The summed E-state index contributed by atoms with van der Waals surface area (Å²) in [5, 5.41) is 10.5. The Morgan fingerprint density at radius 1 is 1.17 bits per heavy atom. The molecule has 0 bridgehead atoms. The number of hydrogen-bond acceptors (Lipinski definition) is 4. The Balaban J connectivity index is 1.39. The van der Waals surface area contributed by atoms with Crippen LogP contribution >= 0.6 is 0 Å². The van der Waals surface area contributed by atoms with E-state index in [-0.39, 0.29) is 24.1 Å². The lowest BCUT2D eigenvalue weighted by atomic mass is 10.1. The van der Waals surface area contributed by atoms with Crippen LogP contribution in [-0.2, 0) is 17.9 Å². The number of benzene rings is 1. The zero-order chi connectivity index (χ0) is 21.1. The number of nitrogens with one attached hydrogen (secondary N) is 1. The van der Waals surface area contributed by atoms with Crippen molar-refractivity contribution in [3.63, 3.8) is 0 Å². The second kappa shape index (κ2) is 8.33. The van der Waals surface area contributed by atoms with Gasteiger partial charge in [-0.3, -0.25) is 9.59 Å². The van der Waals surface area contributed by atoms with Crippen molar-refractivity contribution in [2.24, 2.45) is 5.92 Å². The molecule has 9 heteroatoms. The summed E-state index contributed by atoms with van der Waals surface area (Å²) in [5.41, 5.74) is 1.05. The first-order chi connectivity index (χ1) is 14.4. The van der Waals surface area contributed by atoms with Crippen molar-refractivity contribution >= 4 is 11.8 Å². The summed E-state index contributed by atoms with van der Waals surface area (Å²) in [5.74, 6) is -3.84. The molecule has 1 unspecified atom stereocenters. The van der Waals surface area contributed by atoms with Gasteiger partial charge in [0.25, 0.3) is 11.8 Å². The molecule has 1 fully saturated rings. The van der Waals surface area contributed by atoms with Gasteiger partial charge in [-0.1, -0.05) is 47.7 Å². The third kappa shape index (κ3) is 4.55. The maximum absolute atomic E-state index is 14.1. The van der Waals surface area contributed by atoms with E-state index in [1.54, 1.807) is 0 Å². The van der Waals surface area contributed by atoms with Gasteiger partial charge in [0, 0.05) is 18.9 Å². The van der Waals surface area contributed by atoms with Crippen molar-refractivity contribution in [2.45, 2.75) is 44.3 Å². The van der Waals surface area contributed by atoms with E-state index in [2.05, 4.69) is 15.6 Å². The minimum absolute atomic E-state index is 0.0699. The molecule has 0 spiro atoms. The Morgan fingerprint density at radius 3 is 2.63 bits per heavy atom. The highest BCUT2D eigenvalue weighted by Gasteiger charge is 2.48. The lowest BCUT2D eigenvalue weighted by Crippen LogP contribution is -2.41. The van der Waals surface area contributed by atoms with Gasteiger partial charge in [0.2, 0.25) is 5.91 Å². The van der Waals surface area contributed by atoms with Crippen molar-refractivity contribution in [3.8, 4) is 0 Å². The van der Waals surface area contributed by atoms with E-state index in [0.29, 0.717) is 19.4 Å². The molecule has 4 rings (SSSR count). The highest BCUT2D eigenvalue weighted by Crippen LogP contribution is 2.35. The number of carbonyl (C=O) groups excluding carboxylic acids is 2. The molecule has 1 aromatic heterocycles. The van der Waals surface area contributed by atoms with Crippen molar-refractivity contribution in [3.05, 3.63) is 59.9 Å². The van der Waals surface area contributed by atoms with Crippen molar-refractivity contribution < 1.29 is 18.4 Å². The van der Waals surface area contributed by atoms with Crippen LogP contribution in [0.25, 0.3) is 0 Å². The van der Waals surface area contributed by atoms with Gasteiger partial charge in [0.1, 0.15) is 0 Å². The van der Waals surface area contributed by atoms with Crippen molar-refractivity contribution in [1.29, 1.82) is 0 Å². The number of hydrogen-bond donors (Lipinski definition) is 1. The fourth-order valence-electron chi connectivity index (χ4n) is 3.95. The molecule has 0 saturated carbocycles. The van der Waals surface area contributed by atoms with Crippen LogP contribution in [0, 0.1) is 5.92 Å². The first kappa shape index (κ1) is 20.2. The molecule has 1 N–H and O–H groups in total. The average molecular weight is 415 g/mol. The molecule has 0 radical (unpaired) electrons. The number of nitrogens with zero attached hydrogens (tertiary/aromatic N) is 4. The Labute approximate surface area is 172 Å². The van der Waals surface area contributed by atoms with Crippen LogP contribution < -0.4 is 5.32 Å². The molecule has 1 aliphatic heterocycles. The Bertz CT molecular complexity index is 936. The van der Waals surface area contributed by atoms with Gasteiger partial charge in [-0.2, -0.15) is 0 Å². The van der Waals surface area contributed by atoms with E-state index in [0.717, 1.165) is 5.56 Å². The van der Waals surface area contributed by atoms with E-state index in [1.165, 1.54) is 15.8 Å². The maximum Gasteiger partial charge on any atom is 0.273 e. The summed E-state index contributed by atoms with van der Waals surface area (Å²) in [7, 11) is 0. The Hall–Kier alpha value is -3.10. The topological polar surface area (TPSA) is 80.1 Å². The zero-order valence-corrected chi connectivity index (χ0v) is 16.4. The minimum Gasteiger partial charge on any atom is -0.347 e. The predicted molar refractivity (Wildman–Crippen MR) is 105 cm³/mol. The summed E-state index contributed by atoms with van der Waals surface area (Å²) >= 11 is 0. The standard InChI is InChI=1S/C21H23F2N5O2/c22-21(23)10-17(28(14-21)20(30)16-8-4-5-9-16)12-27-13-18(25-26-27)19(29)24-11-15-6-2-1-3-7-15/h1-7,13,16-17H,8-12,14H2,(H,24,29). The number of aromatic nitrogens is 3. The van der Waals surface area contributed by atoms with Gasteiger partial charge in [-0.15, -0.1) is 5.10 Å². The zero-order valence-electron chi connectivity index (χ0n) is 16.4. The number of likely N-dealkylation sites (tertiary alicyclic amines) is 1. The number of rotatable bonds is 6. The molecular formula is C21H23F2N5O2. The van der Waals surface area contributed by atoms with Crippen LogP contribution in [0.15, 0.2) is 48.7 Å². The molecular weight excluding hydrogens is 392 g/mol. The minimum atomic E-state index is -2.93. The summed E-state index contributed by atoms with van der Waals surface area (Å²) < 4.78 is 29.5. The van der Waals surface area contributed by atoms with Gasteiger partial charge in [-0.25, -0.2) is 13.5 Å². The van der Waals surface area contributed by atoms with E-state index in [1.807, 2.05) is 42.5 Å². The summed E-state index contributed by atoms with van der Waals surface area (Å²) in [4.78, 5) is 26.3. The van der Waals surface area contributed by atoms with Crippen LogP contribution in [0.5, 0.6) is 0 Å². The van der Waals surface area contributed by atoms with E-state index in [4.69, 9.17) is 0 Å². The van der Waals surface area contributed by atoms with Gasteiger partial charge in [0.15, 0.2) is 5.69 Å².